The Morgan fingerprint density at radius 1 is 1.10 bits per heavy atom. The van der Waals surface area contributed by atoms with E-state index in [-0.39, 0.29) is 11.8 Å². The van der Waals surface area contributed by atoms with E-state index in [2.05, 4.69) is 5.32 Å². The van der Waals surface area contributed by atoms with Crippen LogP contribution in [0.2, 0.25) is 0 Å². The summed E-state index contributed by atoms with van der Waals surface area (Å²) in [5.41, 5.74) is -0.556. The average Bonchev–Trinajstić information content (AvgIpc) is 2.34. The van der Waals surface area contributed by atoms with Crippen LogP contribution in [0.4, 0.5) is 4.79 Å². The first-order chi connectivity index (χ1) is 9.20. The first-order valence-corrected chi connectivity index (χ1v) is 7.49. The van der Waals surface area contributed by atoms with E-state index in [9.17, 15) is 9.59 Å². The summed E-state index contributed by atoms with van der Waals surface area (Å²) in [5.74, 6) is 0.0440. The number of nitrogens with one attached hydrogen (secondary N) is 1. The molecule has 1 N–H and O–H groups in total. The fourth-order valence-corrected chi connectivity index (χ4v) is 2.26. The molecule has 0 spiro atoms. The van der Waals surface area contributed by atoms with Gasteiger partial charge in [0.1, 0.15) is 11.6 Å². The smallest absolute Gasteiger partial charge is 0.408 e. The third kappa shape index (κ3) is 5.39. The zero-order valence-corrected chi connectivity index (χ0v) is 13.4. The lowest BCUT2D eigenvalue weighted by molar-refractivity contribution is -0.135. The molecule has 0 aromatic carbocycles. The number of rotatable bonds is 3. The van der Waals surface area contributed by atoms with Crippen LogP contribution in [0.1, 0.15) is 53.9 Å². The molecular weight excluding hydrogens is 256 g/mol. The third-order valence-electron chi connectivity index (χ3n) is 3.27. The summed E-state index contributed by atoms with van der Waals surface area (Å²) in [6.45, 7) is 10.9. The van der Waals surface area contributed by atoms with Crippen molar-refractivity contribution in [2.45, 2.75) is 65.5 Å². The maximum Gasteiger partial charge on any atom is 0.408 e. The number of hydrogen-bond donors (Lipinski definition) is 1. The highest BCUT2D eigenvalue weighted by molar-refractivity contribution is 5.86. The van der Waals surface area contributed by atoms with Crippen molar-refractivity contribution < 1.29 is 14.3 Å². The van der Waals surface area contributed by atoms with Gasteiger partial charge in [0.05, 0.1) is 0 Å². The van der Waals surface area contributed by atoms with Crippen LogP contribution in [0.3, 0.4) is 0 Å². The van der Waals surface area contributed by atoms with E-state index >= 15 is 0 Å². The highest BCUT2D eigenvalue weighted by Gasteiger charge is 2.30. The van der Waals surface area contributed by atoms with Gasteiger partial charge in [-0.1, -0.05) is 13.8 Å². The van der Waals surface area contributed by atoms with Gasteiger partial charge in [-0.15, -0.1) is 0 Å². The van der Waals surface area contributed by atoms with Crippen molar-refractivity contribution in [3.63, 3.8) is 0 Å². The first kappa shape index (κ1) is 16.8. The van der Waals surface area contributed by atoms with Gasteiger partial charge in [-0.2, -0.15) is 0 Å². The van der Waals surface area contributed by atoms with Crippen molar-refractivity contribution >= 4 is 12.0 Å². The predicted molar refractivity (Wildman–Crippen MR) is 78.4 cm³/mol. The quantitative estimate of drug-likeness (QED) is 0.866. The van der Waals surface area contributed by atoms with E-state index in [0.717, 1.165) is 25.9 Å². The van der Waals surface area contributed by atoms with Crippen molar-refractivity contribution in [3.8, 4) is 0 Å². The Morgan fingerprint density at radius 2 is 1.65 bits per heavy atom. The summed E-state index contributed by atoms with van der Waals surface area (Å²) in [4.78, 5) is 26.2. The molecule has 1 aliphatic heterocycles. The molecule has 1 fully saturated rings. The second-order valence-electron chi connectivity index (χ2n) is 6.75. The molecule has 2 amide bonds. The molecule has 5 nitrogen and oxygen atoms in total. The Labute approximate surface area is 122 Å². The number of likely N-dealkylation sites (tertiary alicyclic amines) is 1. The molecule has 0 radical (unpaired) electrons. The summed E-state index contributed by atoms with van der Waals surface area (Å²) < 4.78 is 5.24. The molecule has 116 valence electrons. The van der Waals surface area contributed by atoms with Gasteiger partial charge < -0.3 is 15.0 Å². The Hall–Kier alpha value is -1.26. The van der Waals surface area contributed by atoms with Gasteiger partial charge in [0.15, 0.2) is 0 Å². The molecular formula is C15H28N2O3. The summed E-state index contributed by atoms with van der Waals surface area (Å²) in [6, 6.07) is -0.511. The van der Waals surface area contributed by atoms with Gasteiger partial charge in [-0.05, 0) is 46.0 Å². The van der Waals surface area contributed by atoms with Crippen molar-refractivity contribution in [2.75, 3.05) is 13.1 Å². The third-order valence-corrected chi connectivity index (χ3v) is 3.27. The minimum Gasteiger partial charge on any atom is -0.444 e. The second-order valence-corrected chi connectivity index (χ2v) is 6.75. The zero-order valence-electron chi connectivity index (χ0n) is 13.4. The number of ether oxygens (including phenoxy) is 1. The van der Waals surface area contributed by atoms with E-state index in [4.69, 9.17) is 4.74 Å². The Bertz CT molecular complexity index is 342. The average molecular weight is 284 g/mol. The molecule has 1 saturated heterocycles. The zero-order chi connectivity index (χ0) is 15.3. The van der Waals surface area contributed by atoms with Gasteiger partial charge in [0, 0.05) is 13.1 Å². The van der Waals surface area contributed by atoms with E-state index < -0.39 is 17.7 Å². The van der Waals surface area contributed by atoms with E-state index in [0.29, 0.717) is 0 Å². The topological polar surface area (TPSA) is 58.6 Å². The number of hydrogen-bond acceptors (Lipinski definition) is 3. The molecule has 0 aromatic rings. The number of carbonyl (C=O) groups excluding carboxylic acids is 2. The first-order valence-electron chi connectivity index (χ1n) is 7.49. The lowest BCUT2D eigenvalue weighted by Gasteiger charge is -2.32. The van der Waals surface area contributed by atoms with Gasteiger partial charge in [-0.25, -0.2) is 4.79 Å². The molecule has 20 heavy (non-hydrogen) atoms. The number of carbonyl (C=O) groups is 2. The molecule has 0 bridgehead atoms. The Morgan fingerprint density at radius 3 is 2.10 bits per heavy atom. The standard InChI is InChI=1S/C15H28N2O3/c1-11(2)12(16-14(19)20-15(3,4)5)13(18)17-9-7-6-8-10-17/h11-12H,6-10H2,1-5H3,(H,16,19)/t12-/m1/s1. The minimum atomic E-state index is -0.556. The number of alkyl carbamates (subject to hydrolysis) is 1. The van der Waals surface area contributed by atoms with E-state index in [1.54, 1.807) is 0 Å². The SMILES string of the molecule is CC(C)[C@@H](NC(=O)OC(C)(C)C)C(=O)N1CCCCC1. The predicted octanol–water partition coefficient (Wildman–Crippen LogP) is 2.55. The van der Waals surface area contributed by atoms with Gasteiger partial charge >= 0.3 is 6.09 Å². The van der Waals surface area contributed by atoms with Crippen LogP contribution in [0, 0.1) is 5.92 Å². The fraction of sp³-hybridized carbons (Fsp3) is 0.867. The van der Waals surface area contributed by atoms with E-state index in [1.165, 1.54) is 6.42 Å². The Kier molecular flexibility index (Phi) is 5.84. The summed E-state index contributed by atoms with van der Waals surface area (Å²) in [6.07, 6.45) is 2.74. The van der Waals surface area contributed by atoms with Crippen LogP contribution in [0.25, 0.3) is 0 Å². The molecule has 1 heterocycles. The summed E-state index contributed by atoms with van der Waals surface area (Å²) in [7, 11) is 0. The normalized spacial score (nSPS) is 17.8. The maximum atomic E-state index is 12.5. The van der Waals surface area contributed by atoms with Crippen LogP contribution in [0.5, 0.6) is 0 Å². The van der Waals surface area contributed by atoms with Crippen LogP contribution >= 0.6 is 0 Å². The van der Waals surface area contributed by atoms with E-state index in [1.807, 2.05) is 39.5 Å². The van der Waals surface area contributed by atoms with Crippen LogP contribution in [-0.2, 0) is 9.53 Å². The molecule has 0 saturated carbocycles. The lowest BCUT2D eigenvalue weighted by Crippen LogP contribution is -2.53. The molecule has 1 aliphatic rings. The summed E-state index contributed by atoms with van der Waals surface area (Å²) in [5, 5.41) is 2.72. The van der Waals surface area contributed by atoms with Gasteiger partial charge in [0.2, 0.25) is 5.91 Å². The molecule has 1 atom stereocenters. The second kappa shape index (κ2) is 6.95. The number of amides is 2. The molecule has 0 unspecified atom stereocenters. The highest BCUT2D eigenvalue weighted by Crippen LogP contribution is 2.14. The fourth-order valence-electron chi connectivity index (χ4n) is 2.26. The minimum absolute atomic E-state index is 0.00515. The summed E-state index contributed by atoms with van der Waals surface area (Å²) >= 11 is 0. The maximum absolute atomic E-state index is 12.5. The molecule has 5 heteroatoms. The largest absolute Gasteiger partial charge is 0.444 e. The van der Waals surface area contributed by atoms with Gasteiger partial charge in [0.25, 0.3) is 0 Å². The van der Waals surface area contributed by atoms with Crippen LogP contribution < -0.4 is 5.32 Å². The van der Waals surface area contributed by atoms with Crippen LogP contribution in [-0.4, -0.2) is 41.6 Å². The lowest BCUT2D eigenvalue weighted by atomic mass is 10.0. The number of piperidine rings is 1. The highest BCUT2D eigenvalue weighted by atomic mass is 16.6. The van der Waals surface area contributed by atoms with Gasteiger partial charge in [-0.3, -0.25) is 4.79 Å². The van der Waals surface area contributed by atoms with Crippen molar-refractivity contribution in [2.24, 2.45) is 5.92 Å². The number of nitrogens with zero attached hydrogens (tertiary/aromatic N) is 1. The van der Waals surface area contributed by atoms with Crippen LogP contribution in [0.15, 0.2) is 0 Å². The molecule has 0 aromatic heterocycles. The van der Waals surface area contributed by atoms with Crippen molar-refractivity contribution in [1.29, 1.82) is 0 Å². The van der Waals surface area contributed by atoms with Crippen molar-refractivity contribution in [1.82, 2.24) is 10.2 Å². The molecule has 1 rings (SSSR count). The monoisotopic (exact) mass is 284 g/mol. The van der Waals surface area contributed by atoms with Crippen molar-refractivity contribution in [3.05, 3.63) is 0 Å². The Balaban J connectivity index is 2.63. The molecule has 0 aliphatic carbocycles.